The lowest BCUT2D eigenvalue weighted by atomic mass is 9.38. The van der Waals surface area contributed by atoms with Gasteiger partial charge in [0.1, 0.15) is 32.0 Å². The standard InChI is InChI=1S/C52H62F2N6O12/c1-47-14-13-34(62)16-37(47)38(53)17-36-35-15-31-21-60(28-51(31,41(64)22-61)48(35,2)19-40(63)52(36,47)54)33-9-5-29(6-10-33)18-49-25-50(26-49,27-49)59-46(70)71-23-30-3-7-32(8-4-30)57-45(69)39(11-12-44(67)68)58-42(65)20-56-43(66)24-72-55/h3-10,13-14,16,31,35-36,38-40,61,63H,11-12,15,17-28,55H2,1-2H3,(H,56,66)(H,57,69)(H,58,65)(H,59,70)(H,67,68)/t31-,35-,36-,38-,39-,40-,47-,48-,49?,50?,51+,52-/m0/s1. The number of alkyl halides is 2. The number of halogens is 2. The van der Waals surface area contributed by atoms with Crippen molar-refractivity contribution in [1.82, 2.24) is 16.0 Å². The monoisotopic (exact) mass is 1000 g/mol. The maximum absolute atomic E-state index is 17.8. The van der Waals surface area contributed by atoms with E-state index >= 15 is 8.78 Å². The highest BCUT2D eigenvalue weighted by Gasteiger charge is 2.78. The third kappa shape index (κ3) is 8.56. The smallest absolute Gasteiger partial charge is 0.407 e. The number of fused-ring (bicyclic) bond motifs is 7. The number of carboxylic acid groups (broad SMARTS) is 1. The second-order valence-corrected chi connectivity index (χ2v) is 21.9. The minimum Gasteiger partial charge on any atom is -0.481 e. The number of ketones is 2. The molecule has 10 rings (SSSR count). The van der Waals surface area contributed by atoms with Crippen molar-refractivity contribution >= 4 is 52.7 Å². The van der Waals surface area contributed by atoms with Crippen LogP contribution in [0.4, 0.5) is 25.0 Å². The Morgan fingerprint density at radius 1 is 0.958 bits per heavy atom. The summed E-state index contributed by atoms with van der Waals surface area (Å²) in [6.45, 7) is 2.53. The average Bonchev–Trinajstić information content (AvgIpc) is 3.82. The van der Waals surface area contributed by atoms with Gasteiger partial charge in [0.2, 0.25) is 17.7 Å². The SMILES string of the molecule is C[C@]12C=CC(=O)C=C1[C@@H](F)C[C@H]1[C@@H]3C[C@H]4CN(c5ccc(CC67CC(NC(=O)OCc8ccc(NC(=O)[C@H](CCC(=O)O)NC(=O)CNC(=O)CON)cc8)(C6)C7)cc5)C[C@@]4(C(=O)CO)[C@@]3(C)C[C@H](O)[C@@]12F. The quantitative estimate of drug-likeness (QED) is 0.0997. The first-order valence-corrected chi connectivity index (χ1v) is 24.5. The summed E-state index contributed by atoms with van der Waals surface area (Å²) in [7, 11) is 0. The first-order chi connectivity index (χ1) is 34.1. The van der Waals surface area contributed by atoms with Crippen LogP contribution in [0.5, 0.6) is 0 Å². The number of benzene rings is 2. The van der Waals surface area contributed by atoms with Gasteiger partial charge in [-0.2, -0.15) is 0 Å². The number of rotatable bonds is 18. The predicted molar refractivity (Wildman–Crippen MR) is 254 cm³/mol. The van der Waals surface area contributed by atoms with Crippen LogP contribution in [-0.2, 0) is 51.4 Å². The summed E-state index contributed by atoms with van der Waals surface area (Å²) in [5, 5.41) is 41.8. The first kappa shape index (κ1) is 50.8. The van der Waals surface area contributed by atoms with Crippen molar-refractivity contribution in [3.8, 4) is 0 Å². The highest BCUT2D eigenvalue weighted by molar-refractivity contribution is 6.01. The number of carboxylic acids is 1. The number of hydrogen-bond donors (Lipinski definition) is 8. The minimum atomic E-state index is -2.25. The van der Waals surface area contributed by atoms with E-state index in [0.717, 1.165) is 36.9 Å². The Kier molecular flexibility index (Phi) is 13.2. The van der Waals surface area contributed by atoms with Gasteiger partial charge in [-0.3, -0.25) is 33.6 Å². The molecule has 4 amide bonds. The summed E-state index contributed by atoms with van der Waals surface area (Å²) in [5.74, 6) is -0.759. The second-order valence-electron chi connectivity index (χ2n) is 21.9. The summed E-state index contributed by atoms with van der Waals surface area (Å²) in [4.78, 5) is 93.7. The number of nitrogens with two attached hydrogens (primary N) is 1. The molecular formula is C52H62F2N6O12. The molecule has 1 saturated heterocycles. The van der Waals surface area contributed by atoms with Gasteiger partial charge in [0.15, 0.2) is 17.2 Å². The molecule has 18 nitrogen and oxygen atoms in total. The van der Waals surface area contributed by atoms with Crippen LogP contribution in [0, 0.1) is 39.4 Å². The van der Waals surface area contributed by atoms with Crippen molar-refractivity contribution in [3.63, 3.8) is 0 Å². The van der Waals surface area contributed by atoms with E-state index in [1.165, 1.54) is 18.2 Å². The van der Waals surface area contributed by atoms with Crippen LogP contribution in [0.2, 0.25) is 0 Å². The number of carbonyl (C=O) groups excluding carboxylic acids is 6. The van der Waals surface area contributed by atoms with Crippen LogP contribution in [0.3, 0.4) is 0 Å². The summed E-state index contributed by atoms with van der Waals surface area (Å²) in [6, 6.07) is 13.4. The zero-order valence-corrected chi connectivity index (χ0v) is 40.2. The van der Waals surface area contributed by atoms with Crippen LogP contribution in [-0.4, -0.2) is 119 Å². The lowest BCUT2D eigenvalue weighted by Gasteiger charge is -2.70. The maximum atomic E-state index is 17.8. The normalized spacial score (nSPS) is 34.9. The number of carbonyl (C=O) groups is 7. The van der Waals surface area contributed by atoms with Crippen molar-refractivity contribution < 1.29 is 67.2 Å². The number of ether oxygens (including phenoxy) is 1. The van der Waals surface area contributed by atoms with E-state index in [-0.39, 0.29) is 60.6 Å². The van der Waals surface area contributed by atoms with E-state index in [0.29, 0.717) is 24.2 Å². The average molecular weight is 1000 g/mol. The number of nitrogens with one attached hydrogen (secondary N) is 4. The summed E-state index contributed by atoms with van der Waals surface area (Å²) in [5.41, 5.74) is -3.05. The van der Waals surface area contributed by atoms with Gasteiger partial charge >= 0.3 is 12.1 Å². The molecule has 386 valence electrons. The number of aliphatic hydroxyl groups is 2. The Morgan fingerprint density at radius 2 is 1.65 bits per heavy atom. The molecule has 8 aliphatic rings. The van der Waals surface area contributed by atoms with E-state index in [4.69, 9.17) is 15.7 Å². The van der Waals surface area contributed by atoms with Gasteiger partial charge in [0.05, 0.1) is 18.1 Å². The highest BCUT2D eigenvalue weighted by atomic mass is 19.1. The summed E-state index contributed by atoms with van der Waals surface area (Å²) >= 11 is 0. The third-order valence-corrected chi connectivity index (χ3v) is 17.7. The molecule has 0 spiro atoms. The molecule has 1 aliphatic heterocycles. The zero-order chi connectivity index (χ0) is 51.6. The van der Waals surface area contributed by atoms with Crippen molar-refractivity contribution in [1.29, 1.82) is 0 Å². The Bertz CT molecular complexity index is 2590. The topological polar surface area (TPSA) is 276 Å². The number of allylic oxidation sites excluding steroid dienone is 4. The molecule has 0 unspecified atom stereocenters. The molecule has 6 saturated carbocycles. The second kappa shape index (κ2) is 18.8. The number of aliphatic carboxylic acids is 1. The van der Waals surface area contributed by atoms with E-state index in [9.17, 15) is 43.8 Å². The van der Waals surface area contributed by atoms with E-state index in [2.05, 4.69) is 43.1 Å². The minimum absolute atomic E-state index is 0.0357. The lowest BCUT2D eigenvalue weighted by Crippen LogP contribution is -2.75. The Hall–Kier alpha value is -6.09. The van der Waals surface area contributed by atoms with Crippen molar-refractivity contribution in [3.05, 3.63) is 83.5 Å². The molecule has 7 aliphatic carbocycles. The molecule has 0 aromatic heterocycles. The van der Waals surface area contributed by atoms with E-state index in [1.807, 2.05) is 19.1 Å². The van der Waals surface area contributed by atoms with Gasteiger partial charge in [-0.05, 0) is 134 Å². The van der Waals surface area contributed by atoms with Gasteiger partial charge in [0.25, 0.3) is 0 Å². The number of Topliss-reactive ketones (excluding diaryl/α,β-unsaturated/α-hetero) is 1. The molecule has 0 radical (unpaired) electrons. The molecule has 2 aromatic rings. The van der Waals surface area contributed by atoms with E-state index < -0.39 is 114 Å². The van der Waals surface area contributed by atoms with E-state index in [1.54, 1.807) is 31.2 Å². The number of nitrogens with zero attached hydrogens (tertiary/aromatic N) is 1. The first-order valence-electron chi connectivity index (χ1n) is 24.5. The summed E-state index contributed by atoms with van der Waals surface area (Å²) < 4.78 is 39.4. The van der Waals surface area contributed by atoms with Gasteiger partial charge in [-0.1, -0.05) is 37.3 Å². The van der Waals surface area contributed by atoms with Gasteiger partial charge in [-0.25, -0.2) is 19.5 Å². The fourth-order valence-corrected chi connectivity index (χ4v) is 14.6. The van der Waals surface area contributed by atoms with Crippen LogP contribution >= 0.6 is 0 Å². The fraction of sp³-hybridized carbons (Fsp3) is 0.558. The molecule has 20 heteroatoms. The van der Waals surface area contributed by atoms with Gasteiger partial charge in [-0.15, -0.1) is 0 Å². The third-order valence-electron chi connectivity index (χ3n) is 17.7. The Labute approximate surface area is 414 Å². The van der Waals surface area contributed by atoms with Crippen LogP contribution in [0.15, 0.2) is 72.3 Å². The van der Waals surface area contributed by atoms with Crippen LogP contribution in [0.1, 0.15) is 76.3 Å². The molecule has 7 fully saturated rings. The zero-order valence-electron chi connectivity index (χ0n) is 40.2. The molecule has 1 heterocycles. The Morgan fingerprint density at radius 3 is 2.32 bits per heavy atom. The predicted octanol–water partition coefficient (Wildman–Crippen LogP) is 3.29. The molecule has 72 heavy (non-hydrogen) atoms. The number of alkyl carbamates (subject to hydrolysis) is 1. The van der Waals surface area contributed by atoms with Crippen molar-refractivity contribution in [2.24, 2.45) is 45.3 Å². The Balaban J connectivity index is 0.754. The van der Waals surface area contributed by atoms with Crippen LogP contribution in [0.25, 0.3) is 0 Å². The van der Waals surface area contributed by atoms with Gasteiger partial charge in [0, 0.05) is 47.8 Å². The number of aliphatic hydroxyl groups excluding tert-OH is 2. The number of hydrogen-bond acceptors (Lipinski definition) is 13. The molecule has 2 aromatic carbocycles. The van der Waals surface area contributed by atoms with Crippen molar-refractivity contribution in [2.45, 2.75) is 108 Å². The van der Waals surface area contributed by atoms with Crippen molar-refractivity contribution in [2.75, 3.05) is 43.1 Å². The molecule has 9 N–H and O–H groups in total. The fourth-order valence-electron chi connectivity index (χ4n) is 14.6. The van der Waals surface area contributed by atoms with Gasteiger partial charge < -0.3 is 46.2 Å². The lowest BCUT2D eigenvalue weighted by molar-refractivity contribution is -0.210. The number of anilines is 2. The molecule has 10 atom stereocenters. The summed E-state index contributed by atoms with van der Waals surface area (Å²) in [6.07, 6.45) is 2.94. The molecule has 2 bridgehead atoms. The highest BCUT2D eigenvalue weighted by Crippen LogP contribution is 2.75. The largest absolute Gasteiger partial charge is 0.481 e. The maximum Gasteiger partial charge on any atom is 0.407 e. The number of amides is 4. The van der Waals surface area contributed by atoms with Crippen LogP contribution < -0.4 is 32.1 Å². The molecular weight excluding hydrogens is 939 g/mol.